The zero-order chi connectivity index (χ0) is 32.3. The summed E-state index contributed by atoms with van der Waals surface area (Å²) in [5, 5.41) is 13.5. The highest BCUT2D eigenvalue weighted by atomic mass is 32.2. The minimum atomic E-state index is -3.99. The summed E-state index contributed by atoms with van der Waals surface area (Å²) in [5.41, 5.74) is 3.38. The van der Waals surface area contributed by atoms with Gasteiger partial charge in [-0.3, -0.25) is 4.79 Å². The molecular weight excluding hydrogens is 608 g/mol. The monoisotopic (exact) mass is 644 g/mol. The topological polar surface area (TPSA) is 124 Å². The Morgan fingerprint density at radius 2 is 1.65 bits per heavy atom. The van der Waals surface area contributed by atoms with Gasteiger partial charge in [0.2, 0.25) is 15.9 Å². The number of hydrogen-bond donors (Lipinski definition) is 2. The number of amides is 1. The molecule has 9 rings (SSSR count). The average molecular weight is 645 g/mol. The van der Waals surface area contributed by atoms with Gasteiger partial charge in [-0.25, -0.2) is 8.42 Å². The minimum Gasteiger partial charge on any atom is -0.504 e. The lowest BCUT2D eigenvalue weighted by Gasteiger charge is -2.37. The Bertz CT molecular complexity index is 1840. The number of benzene rings is 4. The van der Waals surface area contributed by atoms with Crippen LogP contribution >= 0.6 is 0 Å². The molecule has 0 aliphatic carbocycles. The van der Waals surface area contributed by atoms with E-state index in [0.717, 1.165) is 22.3 Å². The lowest BCUT2D eigenvalue weighted by Crippen LogP contribution is -2.40. The second-order valence-electron chi connectivity index (χ2n) is 11.2. The maximum absolute atomic E-state index is 14.3. The van der Waals surface area contributed by atoms with Crippen LogP contribution in [0.25, 0.3) is 0 Å². The Kier molecular flexibility index (Phi) is 9.05. The molecule has 11 heteroatoms. The van der Waals surface area contributed by atoms with E-state index in [-0.39, 0.29) is 28.8 Å². The third-order valence-electron chi connectivity index (χ3n) is 8.26. The normalized spacial score (nSPS) is 17.3. The Labute approximate surface area is 268 Å². The third-order valence-corrected chi connectivity index (χ3v) is 10.1. The summed E-state index contributed by atoms with van der Waals surface area (Å²) in [7, 11) is -1.02. The molecule has 5 aliphatic heterocycles. The number of phenolic OH excluding ortho intramolecular Hbond substituents is 1. The molecule has 2 N–H and O–H groups in total. The number of phenols is 1. The van der Waals surface area contributed by atoms with Crippen molar-refractivity contribution in [3.63, 3.8) is 0 Å². The summed E-state index contributed by atoms with van der Waals surface area (Å²) in [6.45, 7) is 1.10. The van der Waals surface area contributed by atoms with Crippen molar-refractivity contribution < 1.29 is 37.3 Å². The highest BCUT2D eigenvalue weighted by molar-refractivity contribution is 7.89. The molecule has 1 amide bonds. The molecule has 10 nitrogen and oxygen atoms in total. The van der Waals surface area contributed by atoms with Gasteiger partial charge in [0, 0.05) is 25.6 Å². The van der Waals surface area contributed by atoms with Crippen LogP contribution in [0, 0.1) is 0 Å². The number of methoxy groups -OCH3 is 2. The number of carbonyl (C=O) groups is 1. The van der Waals surface area contributed by atoms with Crippen molar-refractivity contribution in [2.24, 2.45) is 0 Å². The fraction of sp³-hybridized carbons (Fsp3) is 0.286. The molecular formula is C35H36N2O8S. The van der Waals surface area contributed by atoms with Crippen LogP contribution in [0.5, 0.6) is 34.5 Å². The van der Waals surface area contributed by atoms with Crippen LogP contribution in [0.4, 0.5) is 0 Å². The largest absolute Gasteiger partial charge is 0.504 e. The number of rotatable bonds is 4. The van der Waals surface area contributed by atoms with E-state index in [1.165, 1.54) is 30.7 Å². The minimum absolute atomic E-state index is 0.0190. The Morgan fingerprint density at radius 3 is 2.43 bits per heavy atom. The van der Waals surface area contributed by atoms with Crippen molar-refractivity contribution in [2.75, 3.05) is 33.9 Å². The molecule has 1 atom stereocenters. The van der Waals surface area contributed by atoms with E-state index in [1.54, 1.807) is 30.3 Å². The number of aromatic hydroxyl groups is 1. The van der Waals surface area contributed by atoms with Crippen LogP contribution in [-0.2, 0) is 27.7 Å². The van der Waals surface area contributed by atoms with Gasteiger partial charge in [0.05, 0.1) is 31.8 Å². The molecule has 0 saturated heterocycles. The van der Waals surface area contributed by atoms with Gasteiger partial charge in [-0.1, -0.05) is 24.3 Å². The predicted octanol–water partition coefficient (Wildman–Crippen LogP) is 5.37. The summed E-state index contributed by atoms with van der Waals surface area (Å²) >= 11 is 0. The molecule has 0 spiro atoms. The van der Waals surface area contributed by atoms with E-state index in [0.29, 0.717) is 61.8 Å². The van der Waals surface area contributed by atoms with Crippen molar-refractivity contribution in [3.05, 3.63) is 101 Å². The Hall–Kier alpha value is -4.74. The molecule has 0 radical (unpaired) electrons. The zero-order valence-corrected chi connectivity index (χ0v) is 26.5. The molecule has 240 valence electrons. The number of carbonyl (C=O) groups excluding carboxylic acids is 1. The standard InChI is InChI=1S/C35H36N2O8S/c1-42-31-14-11-28(22-33(31)43-2)46(40,41)37-18-16-25-21-27-10-12-29(25)35(37)24-6-8-26(9-7-24)44-19-3-17-36-34(39)15-5-23-4-13-30(38)32(20-23)45-27/h4,6-14,20-22,35,38H,3,5,15-19H2,1-2H3,(H,36,39). The van der Waals surface area contributed by atoms with Gasteiger partial charge >= 0.3 is 0 Å². The average Bonchev–Trinajstić information content (AvgIpc) is 3.07. The van der Waals surface area contributed by atoms with Gasteiger partial charge < -0.3 is 29.4 Å². The van der Waals surface area contributed by atoms with Crippen molar-refractivity contribution in [1.82, 2.24) is 9.62 Å². The maximum atomic E-state index is 14.3. The zero-order valence-electron chi connectivity index (χ0n) is 25.7. The van der Waals surface area contributed by atoms with E-state index in [1.807, 2.05) is 36.4 Å². The molecule has 8 bridgehead atoms. The molecule has 46 heavy (non-hydrogen) atoms. The van der Waals surface area contributed by atoms with Crippen LogP contribution in [0.2, 0.25) is 0 Å². The third kappa shape index (κ3) is 6.47. The van der Waals surface area contributed by atoms with E-state index < -0.39 is 16.1 Å². The first-order valence-electron chi connectivity index (χ1n) is 15.1. The van der Waals surface area contributed by atoms with Gasteiger partial charge in [0.15, 0.2) is 23.0 Å². The van der Waals surface area contributed by atoms with Crippen LogP contribution in [0.15, 0.2) is 83.8 Å². The molecule has 0 saturated carbocycles. The first kappa shape index (κ1) is 31.3. The Balaban J connectivity index is 1.41. The molecule has 5 heterocycles. The second-order valence-corrected chi connectivity index (χ2v) is 13.1. The van der Waals surface area contributed by atoms with E-state index in [4.69, 9.17) is 18.9 Å². The lowest BCUT2D eigenvalue weighted by molar-refractivity contribution is -0.121. The van der Waals surface area contributed by atoms with Gasteiger partial charge in [0.25, 0.3) is 0 Å². The summed E-state index contributed by atoms with van der Waals surface area (Å²) in [5.74, 6) is 2.11. The number of nitrogens with zero attached hydrogens (tertiary/aromatic N) is 1. The van der Waals surface area contributed by atoms with Gasteiger partial charge in [-0.2, -0.15) is 4.31 Å². The fourth-order valence-electron chi connectivity index (χ4n) is 5.87. The van der Waals surface area contributed by atoms with Crippen LogP contribution in [0.3, 0.4) is 0 Å². The van der Waals surface area contributed by atoms with Gasteiger partial charge in [-0.15, -0.1) is 0 Å². The predicted molar refractivity (Wildman–Crippen MR) is 171 cm³/mol. The maximum Gasteiger partial charge on any atom is 0.244 e. The highest BCUT2D eigenvalue weighted by Gasteiger charge is 2.38. The first-order valence-corrected chi connectivity index (χ1v) is 16.6. The number of sulfonamides is 1. The van der Waals surface area contributed by atoms with Gasteiger partial charge in [0.1, 0.15) is 11.5 Å². The van der Waals surface area contributed by atoms with Crippen molar-refractivity contribution in [1.29, 1.82) is 0 Å². The van der Waals surface area contributed by atoms with Crippen molar-refractivity contribution >= 4 is 15.9 Å². The number of nitrogens with one attached hydrogen (secondary N) is 1. The van der Waals surface area contributed by atoms with Crippen molar-refractivity contribution in [3.8, 4) is 34.5 Å². The smallest absolute Gasteiger partial charge is 0.244 e. The van der Waals surface area contributed by atoms with Gasteiger partial charge in [-0.05, 0) is 90.0 Å². The number of ether oxygens (including phenoxy) is 4. The molecule has 4 aromatic carbocycles. The van der Waals surface area contributed by atoms with E-state index in [9.17, 15) is 18.3 Å². The number of hydrogen-bond acceptors (Lipinski definition) is 8. The first-order chi connectivity index (χ1) is 22.3. The van der Waals surface area contributed by atoms with E-state index in [2.05, 4.69) is 5.32 Å². The Morgan fingerprint density at radius 1 is 0.870 bits per heavy atom. The van der Waals surface area contributed by atoms with Crippen LogP contribution in [-0.4, -0.2) is 57.7 Å². The summed E-state index contributed by atoms with van der Waals surface area (Å²) in [6, 6.07) is 22.0. The van der Waals surface area contributed by atoms with Crippen molar-refractivity contribution in [2.45, 2.75) is 36.6 Å². The molecule has 5 aliphatic rings. The SMILES string of the molecule is COc1ccc(S(=O)(=O)N2CCc3cc4ccc3C2c2ccc(cc2)OCCCNC(=O)CCc2ccc(O)c(c2)O4)cc1OC. The van der Waals surface area contributed by atoms with Crippen LogP contribution in [0.1, 0.15) is 41.1 Å². The quantitative estimate of drug-likeness (QED) is 0.304. The molecule has 0 fully saturated rings. The summed E-state index contributed by atoms with van der Waals surface area (Å²) in [4.78, 5) is 12.5. The summed E-state index contributed by atoms with van der Waals surface area (Å²) in [6.07, 6.45) is 1.86. The molecule has 4 aromatic rings. The molecule has 0 aromatic heterocycles. The highest BCUT2D eigenvalue weighted by Crippen LogP contribution is 2.42. The number of aryl methyl sites for hydroxylation is 1. The fourth-order valence-corrected chi connectivity index (χ4v) is 7.48. The second kappa shape index (κ2) is 13.3. The van der Waals surface area contributed by atoms with Crippen LogP contribution < -0.4 is 24.3 Å². The summed E-state index contributed by atoms with van der Waals surface area (Å²) < 4.78 is 52.9. The molecule has 1 unspecified atom stereocenters. The lowest BCUT2D eigenvalue weighted by atomic mass is 9.89. The van der Waals surface area contributed by atoms with E-state index >= 15 is 0 Å².